The Morgan fingerprint density at radius 3 is 2.61 bits per heavy atom. The minimum Gasteiger partial charge on any atom is -0.370 e. The van der Waals surface area contributed by atoms with E-state index in [2.05, 4.69) is 34.6 Å². The van der Waals surface area contributed by atoms with Crippen LogP contribution in [0.25, 0.3) is 0 Å². The number of nitrogens with one attached hydrogen (secondary N) is 2. The number of hydrogen-bond donors (Lipinski definition) is 3. The van der Waals surface area contributed by atoms with E-state index in [0.717, 1.165) is 18.2 Å². The van der Waals surface area contributed by atoms with Crippen LogP contribution in [0.1, 0.15) is 45.4 Å². The van der Waals surface area contributed by atoms with Crippen molar-refractivity contribution in [2.75, 3.05) is 17.3 Å². The lowest BCUT2D eigenvalue weighted by molar-refractivity contribution is 0.472. The van der Waals surface area contributed by atoms with Gasteiger partial charge >= 0.3 is 0 Å². The van der Waals surface area contributed by atoms with Crippen LogP contribution in [0.5, 0.6) is 0 Å². The quantitative estimate of drug-likeness (QED) is 0.489. The van der Waals surface area contributed by atoms with Gasteiger partial charge in [0, 0.05) is 12.6 Å². The molecule has 0 saturated carbocycles. The van der Waals surface area contributed by atoms with Gasteiger partial charge in [-0.05, 0) is 19.3 Å². The molecule has 0 aliphatic heterocycles. The third-order valence-electron chi connectivity index (χ3n) is 3.10. The van der Waals surface area contributed by atoms with Crippen molar-refractivity contribution in [3.63, 3.8) is 0 Å². The number of rotatable bonds is 8. The van der Waals surface area contributed by atoms with E-state index in [0.29, 0.717) is 11.7 Å². The highest BCUT2D eigenvalue weighted by Gasteiger charge is 2.07. The van der Waals surface area contributed by atoms with Crippen molar-refractivity contribution in [3.8, 4) is 0 Å². The van der Waals surface area contributed by atoms with Gasteiger partial charge in [-0.15, -0.1) is 0 Å². The first kappa shape index (κ1) is 14.7. The summed E-state index contributed by atoms with van der Waals surface area (Å²) in [6, 6.07) is 1.83. The molecule has 5 nitrogen and oxygen atoms in total. The SMILES string of the molecule is CCCCC(CC)CNc1cc(NN)nc(C)n1. The molecule has 18 heavy (non-hydrogen) atoms. The van der Waals surface area contributed by atoms with Crippen molar-refractivity contribution in [2.45, 2.75) is 46.5 Å². The molecular weight excluding hydrogens is 226 g/mol. The van der Waals surface area contributed by atoms with Crippen LogP contribution in [-0.2, 0) is 0 Å². The molecule has 4 N–H and O–H groups in total. The van der Waals surface area contributed by atoms with Crippen LogP contribution in [0, 0.1) is 12.8 Å². The Balaban J connectivity index is 2.53. The van der Waals surface area contributed by atoms with Gasteiger partial charge in [0.25, 0.3) is 0 Å². The third-order valence-corrected chi connectivity index (χ3v) is 3.10. The second kappa shape index (κ2) is 7.87. The van der Waals surface area contributed by atoms with Gasteiger partial charge < -0.3 is 10.7 Å². The van der Waals surface area contributed by atoms with Gasteiger partial charge in [-0.25, -0.2) is 15.8 Å². The fourth-order valence-electron chi connectivity index (χ4n) is 1.92. The molecule has 0 fully saturated rings. The van der Waals surface area contributed by atoms with Gasteiger partial charge in [0.15, 0.2) is 0 Å². The third kappa shape index (κ3) is 4.87. The molecule has 1 aromatic heterocycles. The van der Waals surface area contributed by atoms with Gasteiger partial charge in [0.05, 0.1) is 0 Å². The topological polar surface area (TPSA) is 75.9 Å². The molecule has 1 heterocycles. The molecule has 0 amide bonds. The largest absolute Gasteiger partial charge is 0.370 e. The fourth-order valence-corrected chi connectivity index (χ4v) is 1.92. The second-order valence-electron chi connectivity index (χ2n) is 4.63. The molecule has 0 radical (unpaired) electrons. The molecule has 0 saturated heterocycles. The summed E-state index contributed by atoms with van der Waals surface area (Å²) < 4.78 is 0. The van der Waals surface area contributed by atoms with Gasteiger partial charge in [-0.2, -0.15) is 0 Å². The second-order valence-corrected chi connectivity index (χ2v) is 4.63. The number of nitrogens with two attached hydrogens (primary N) is 1. The molecule has 1 atom stereocenters. The Bertz CT molecular complexity index is 353. The molecule has 5 heteroatoms. The summed E-state index contributed by atoms with van der Waals surface area (Å²) in [5, 5.41) is 3.37. The lowest BCUT2D eigenvalue weighted by Gasteiger charge is -2.16. The maximum absolute atomic E-state index is 5.37. The standard InChI is InChI=1S/C13H25N5/c1-4-6-7-11(5-2)9-15-12-8-13(18-14)17-10(3)16-12/h8,11H,4-7,9,14H2,1-3H3,(H2,15,16,17,18). The maximum Gasteiger partial charge on any atom is 0.145 e. The maximum atomic E-state index is 5.37. The zero-order chi connectivity index (χ0) is 13.4. The van der Waals surface area contributed by atoms with Crippen LogP contribution in [-0.4, -0.2) is 16.5 Å². The molecule has 102 valence electrons. The zero-order valence-electron chi connectivity index (χ0n) is 11.7. The number of nitrogen functional groups attached to an aromatic ring is 1. The predicted molar refractivity (Wildman–Crippen MR) is 76.4 cm³/mol. The molecule has 0 spiro atoms. The number of hydrazine groups is 1. The van der Waals surface area contributed by atoms with Crippen molar-refractivity contribution in [3.05, 3.63) is 11.9 Å². The van der Waals surface area contributed by atoms with E-state index in [-0.39, 0.29) is 0 Å². The number of aromatic nitrogens is 2. The van der Waals surface area contributed by atoms with E-state index >= 15 is 0 Å². The first-order valence-electron chi connectivity index (χ1n) is 6.75. The molecule has 0 aliphatic carbocycles. The molecule has 0 aromatic carbocycles. The van der Waals surface area contributed by atoms with Gasteiger partial charge in [0.1, 0.15) is 17.5 Å². The smallest absolute Gasteiger partial charge is 0.145 e. The van der Waals surface area contributed by atoms with E-state index in [1.807, 2.05) is 13.0 Å². The summed E-state index contributed by atoms with van der Waals surface area (Å²) >= 11 is 0. The molecule has 1 aromatic rings. The first-order chi connectivity index (χ1) is 8.69. The summed E-state index contributed by atoms with van der Waals surface area (Å²) in [6.07, 6.45) is 5.01. The summed E-state index contributed by atoms with van der Waals surface area (Å²) in [4.78, 5) is 8.51. The van der Waals surface area contributed by atoms with Crippen molar-refractivity contribution in [1.82, 2.24) is 9.97 Å². The summed E-state index contributed by atoms with van der Waals surface area (Å²) in [5.41, 5.74) is 2.55. The zero-order valence-corrected chi connectivity index (χ0v) is 11.7. The molecule has 0 aliphatic rings. The van der Waals surface area contributed by atoms with Crippen LogP contribution < -0.4 is 16.6 Å². The van der Waals surface area contributed by atoms with Crippen LogP contribution >= 0.6 is 0 Å². The van der Waals surface area contributed by atoms with Gasteiger partial charge in [0.2, 0.25) is 0 Å². The van der Waals surface area contributed by atoms with Gasteiger partial charge in [-0.3, -0.25) is 0 Å². The molecular formula is C13H25N5. The van der Waals surface area contributed by atoms with Crippen molar-refractivity contribution in [2.24, 2.45) is 11.8 Å². The molecule has 0 bridgehead atoms. The minimum absolute atomic E-state index is 0.645. The predicted octanol–water partition coefficient (Wildman–Crippen LogP) is 2.70. The normalized spacial score (nSPS) is 12.2. The lowest BCUT2D eigenvalue weighted by Crippen LogP contribution is -2.16. The number of unbranched alkanes of at least 4 members (excludes halogenated alkanes) is 1. The lowest BCUT2D eigenvalue weighted by atomic mass is 9.99. The Morgan fingerprint density at radius 2 is 2.00 bits per heavy atom. The molecule has 1 unspecified atom stereocenters. The first-order valence-corrected chi connectivity index (χ1v) is 6.75. The van der Waals surface area contributed by atoms with E-state index in [4.69, 9.17) is 5.84 Å². The van der Waals surface area contributed by atoms with Crippen LogP contribution in [0.4, 0.5) is 11.6 Å². The number of anilines is 2. The van der Waals surface area contributed by atoms with Crippen LogP contribution in [0.3, 0.4) is 0 Å². The van der Waals surface area contributed by atoms with E-state index < -0.39 is 0 Å². The van der Waals surface area contributed by atoms with E-state index in [1.54, 1.807) is 0 Å². The molecule has 1 rings (SSSR count). The number of nitrogens with zero attached hydrogens (tertiary/aromatic N) is 2. The Hall–Kier alpha value is -1.36. The summed E-state index contributed by atoms with van der Waals surface area (Å²) in [5.74, 6) is 8.27. The Morgan fingerprint density at radius 1 is 1.28 bits per heavy atom. The van der Waals surface area contributed by atoms with Crippen molar-refractivity contribution < 1.29 is 0 Å². The van der Waals surface area contributed by atoms with Crippen LogP contribution in [0.2, 0.25) is 0 Å². The Kier molecular flexibility index (Phi) is 6.43. The van der Waals surface area contributed by atoms with Gasteiger partial charge in [-0.1, -0.05) is 33.1 Å². The Labute approximate surface area is 110 Å². The monoisotopic (exact) mass is 251 g/mol. The average molecular weight is 251 g/mol. The number of hydrogen-bond acceptors (Lipinski definition) is 5. The summed E-state index contributed by atoms with van der Waals surface area (Å²) in [6.45, 7) is 7.28. The minimum atomic E-state index is 0.645. The summed E-state index contributed by atoms with van der Waals surface area (Å²) in [7, 11) is 0. The van der Waals surface area contributed by atoms with Crippen molar-refractivity contribution in [1.29, 1.82) is 0 Å². The van der Waals surface area contributed by atoms with E-state index in [1.165, 1.54) is 25.7 Å². The highest BCUT2D eigenvalue weighted by Crippen LogP contribution is 2.15. The highest BCUT2D eigenvalue weighted by molar-refractivity contribution is 5.46. The highest BCUT2D eigenvalue weighted by atomic mass is 15.3. The average Bonchev–Trinajstić information content (AvgIpc) is 2.38. The van der Waals surface area contributed by atoms with E-state index in [9.17, 15) is 0 Å². The number of aryl methyl sites for hydroxylation is 1. The fraction of sp³-hybridized carbons (Fsp3) is 0.692. The van der Waals surface area contributed by atoms with Crippen molar-refractivity contribution >= 4 is 11.6 Å². The van der Waals surface area contributed by atoms with Crippen LogP contribution in [0.15, 0.2) is 6.07 Å².